The molecule has 0 aliphatic heterocycles. The maximum absolute atomic E-state index is 12.0. The van der Waals surface area contributed by atoms with Crippen LogP contribution in [0.15, 0.2) is 15.8 Å². The van der Waals surface area contributed by atoms with Gasteiger partial charge in [-0.15, -0.1) is 0 Å². The van der Waals surface area contributed by atoms with Gasteiger partial charge in [0.25, 0.3) is 11.5 Å². The summed E-state index contributed by atoms with van der Waals surface area (Å²) in [7, 11) is 1.30. The molecular weight excluding hydrogens is 294 g/mol. The first-order chi connectivity index (χ1) is 10.1. The van der Waals surface area contributed by atoms with Crippen molar-refractivity contribution in [3.63, 3.8) is 0 Å². The molecule has 0 fully saturated rings. The second-order valence-corrected chi connectivity index (χ2v) is 4.87. The molecule has 0 aliphatic rings. The average molecular weight is 311 g/mol. The number of imide groups is 1. The molecule has 0 bridgehead atoms. The first kappa shape index (κ1) is 17.1. The van der Waals surface area contributed by atoms with Gasteiger partial charge < -0.3 is 15.6 Å². The standard InChI is InChI=1S/C12H17N5O5/c1-6(2)14-11(21)15-8(18)5-17-10(20)7(9(13)19)4-16(3)12(17)22/h4,6H,5H2,1-3H3,(H2,13,19)(H2,14,15,18,21). The Bertz CT molecular complexity index is 730. The molecule has 10 nitrogen and oxygen atoms in total. The fourth-order valence-corrected chi connectivity index (χ4v) is 1.64. The number of aromatic nitrogens is 2. The van der Waals surface area contributed by atoms with E-state index in [0.29, 0.717) is 4.57 Å². The third kappa shape index (κ3) is 4.04. The Morgan fingerprint density at radius 2 is 1.86 bits per heavy atom. The van der Waals surface area contributed by atoms with Gasteiger partial charge in [0, 0.05) is 19.3 Å². The van der Waals surface area contributed by atoms with Crippen LogP contribution in [-0.2, 0) is 18.4 Å². The van der Waals surface area contributed by atoms with Crippen molar-refractivity contribution in [2.75, 3.05) is 0 Å². The van der Waals surface area contributed by atoms with E-state index < -0.39 is 41.2 Å². The first-order valence-electron chi connectivity index (χ1n) is 6.34. The maximum Gasteiger partial charge on any atom is 0.331 e. The van der Waals surface area contributed by atoms with Crippen molar-refractivity contribution in [2.24, 2.45) is 12.8 Å². The van der Waals surface area contributed by atoms with Crippen LogP contribution in [0.1, 0.15) is 24.2 Å². The number of nitrogens with two attached hydrogens (primary N) is 1. The van der Waals surface area contributed by atoms with Crippen LogP contribution in [0.3, 0.4) is 0 Å². The molecule has 0 saturated heterocycles. The molecule has 0 aromatic carbocycles. The lowest BCUT2D eigenvalue weighted by molar-refractivity contribution is -0.120. The summed E-state index contributed by atoms with van der Waals surface area (Å²) < 4.78 is 1.47. The molecule has 0 atom stereocenters. The minimum atomic E-state index is -1.02. The summed E-state index contributed by atoms with van der Waals surface area (Å²) >= 11 is 0. The number of primary amides is 1. The van der Waals surface area contributed by atoms with Gasteiger partial charge in [0.15, 0.2) is 0 Å². The van der Waals surface area contributed by atoms with E-state index in [2.05, 4.69) is 5.32 Å². The zero-order valence-electron chi connectivity index (χ0n) is 12.4. The molecule has 1 aromatic rings. The summed E-state index contributed by atoms with van der Waals surface area (Å²) in [6.07, 6.45) is 0.993. The molecule has 1 aromatic heterocycles. The lowest BCUT2D eigenvalue weighted by Crippen LogP contribution is -2.48. The zero-order valence-corrected chi connectivity index (χ0v) is 12.4. The lowest BCUT2D eigenvalue weighted by Gasteiger charge is -2.11. The van der Waals surface area contributed by atoms with Gasteiger partial charge in [-0.2, -0.15) is 0 Å². The van der Waals surface area contributed by atoms with Crippen molar-refractivity contribution in [3.8, 4) is 0 Å². The number of amides is 4. The third-order valence-corrected chi connectivity index (χ3v) is 2.57. The van der Waals surface area contributed by atoms with Crippen molar-refractivity contribution in [2.45, 2.75) is 26.4 Å². The molecule has 0 radical (unpaired) electrons. The van der Waals surface area contributed by atoms with Gasteiger partial charge in [0.05, 0.1) is 0 Å². The normalized spacial score (nSPS) is 10.4. The number of hydrogen-bond acceptors (Lipinski definition) is 5. The fourth-order valence-electron chi connectivity index (χ4n) is 1.64. The molecule has 10 heteroatoms. The van der Waals surface area contributed by atoms with Crippen LogP contribution >= 0.6 is 0 Å². The lowest BCUT2D eigenvalue weighted by atomic mass is 10.3. The van der Waals surface area contributed by atoms with Crippen molar-refractivity contribution in [3.05, 3.63) is 32.6 Å². The highest BCUT2D eigenvalue weighted by molar-refractivity contribution is 5.94. The minimum absolute atomic E-state index is 0.193. The number of nitrogens with one attached hydrogen (secondary N) is 2. The zero-order chi connectivity index (χ0) is 17.0. The highest BCUT2D eigenvalue weighted by Gasteiger charge is 2.17. The van der Waals surface area contributed by atoms with Gasteiger partial charge in [-0.3, -0.25) is 24.3 Å². The van der Waals surface area contributed by atoms with Crippen molar-refractivity contribution < 1.29 is 14.4 Å². The van der Waals surface area contributed by atoms with Gasteiger partial charge in [0.2, 0.25) is 5.91 Å². The summed E-state index contributed by atoms with van der Waals surface area (Å²) in [4.78, 5) is 58.0. The third-order valence-electron chi connectivity index (χ3n) is 2.57. The quantitative estimate of drug-likeness (QED) is 0.582. The molecule has 22 heavy (non-hydrogen) atoms. The molecule has 0 saturated carbocycles. The SMILES string of the molecule is CC(C)NC(=O)NC(=O)Cn1c(=O)c(C(N)=O)cn(C)c1=O. The number of aryl methyl sites for hydroxylation is 1. The van der Waals surface area contributed by atoms with Crippen molar-refractivity contribution in [1.29, 1.82) is 0 Å². The molecule has 4 N–H and O–H groups in total. The fraction of sp³-hybridized carbons (Fsp3) is 0.417. The second kappa shape index (κ2) is 6.70. The van der Waals surface area contributed by atoms with Gasteiger partial charge in [0.1, 0.15) is 12.1 Å². The highest BCUT2D eigenvalue weighted by atomic mass is 16.2. The summed E-state index contributed by atoms with van der Waals surface area (Å²) in [5.41, 5.74) is 2.81. The number of carbonyl (C=O) groups excluding carboxylic acids is 3. The van der Waals surface area contributed by atoms with E-state index in [1.54, 1.807) is 13.8 Å². The van der Waals surface area contributed by atoms with Crippen LogP contribution in [0.4, 0.5) is 4.79 Å². The second-order valence-electron chi connectivity index (χ2n) is 4.87. The molecule has 0 aliphatic carbocycles. The Balaban J connectivity index is 3.06. The number of carbonyl (C=O) groups is 3. The predicted octanol–water partition coefficient (Wildman–Crippen LogP) is -2.12. The number of hydrogen-bond donors (Lipinski definition) is 3. The summed E-state index contributed by atoms with van der Waals surface area (Å²) in [5.74, 6) is -1.90. The smallest absolute Gasteiger partial charge is 0.331 e. The largest absolute Gasteiger partial charge is 0.365 e. The van der Waals surface area contributed by atoms with Gasteiger partial charge >= 0.3 is 11.7 Å². The monoisotopic (exact) mass is 311 g/mol. The van der Waals surface area contributed by atoms with E-state index in [4.69, 9.17) is 5.73 Å². The number of rotatable bonds is 4. The molecule has 0 spiro atoms. The Labute approximate surface area is 124 Å². The first-order valence-corrected chi connectivity index (χ1v) is 6.34. The van der Waals surface area contributed by atoms with Gasteiger partial charge in [-0.05, 0) is 13.8 Å². The molecule has 120 valence electrons. The molecule has 0 unspecified atom stereocenters. The summed E-state index contributed by atoms with van der Waals surface area (Å²) in [5, 5.41) is 4.38. The number of nitrogens with zero attached hydrogens (tertiary/aromatic N) is 2. The van der Waals surface area contributed by atoms with Crippen molar-refractivity contribution in [1.82, 2.24) is 19.8 Å². The number of urea groups is 1. The molecule has 1 heterocycles. The Morgan fingerprint density at radius 3 is 2.36 bits per heavy atom. The van der Waals surface area contributed by atoms with Crippen LogP contribution in [0, 0.1) is 0 Å². The maximum atomic E-state index is 12.0. The van der Waals surface area contributed by atoms with Crippen LogP contribution in [0.2, 0.25) is 0 Å². The predicted molar refractivity (Wildman–Crippen MR) is 76.3 cm³/mol. The highest BCUT2D eigenvalue weighted by Crippen LogP contribution is 1.87. The molecular formula is C12H17N5O5. The van der Waals surface area contributed by atoms with Gasteiger partial charge in [-0.1, -0.05) is 0 Å². The Morgan fingerprint density at radius 1 is 1.27 bits per heavy atom. The van der Waals surface area contributed by atoms with Crippen LogP contribution in [0.5, 0.6) is 0 Å². The van der Waals surface area contributed by atoms with Gasteiger partial charge in [-0.25, -0.2) is 9.59 Å². The summed E-state index contributed by atoms with van der Waals surface area (Å²) in [6.45, 7) is 2.68. The average Bonchev–Trinajstić information content (AvgIpc) is 2.37. The Hall–Kier alpha value is -2.91. The van der Waals surface area contributed by atoms with E-state index in [1.165, 1.54) is 7.05 Å². The van der Waals surface area contributed by atoms with Crippen molar-refractivity contribution >= 4 is 17.8 Å². The minimum Gasteiger partial charge on any atom is -0.365 e. The molecule has 4 amide bonds. The van der Waals surface area contributed by atoms with E-state index in [-0.39, 0.29) is 6.04 Å². The van der Waals surface area contributed by atoms with E-state index in [9.17, 15) is 24.0 Å². The van der Waals surface area contributed by atoms with Crippen LogP contribution in [0.25, 0.3) is 0 Å². The van der Waals surface area contributed by atoms with E-state index in [1.807, 2.05) is 5.32 Å². The van der Waals surface area contributed by atoms with Crippen LogP contribution < -0.4 is 27.6 Å². The van der Waals surface area contributed by atoms with Crippen LogP contribution in [-0.4, -0.2) is 33.0 Å². The van der Waals surface area contributed by atoms with E-state index >= 15 is 0 Å². The summed E-state index contributed by atoms with van der Waals surface area (Å²) in [6, 6.07) is -0.947. The topological polar surface area (TPSA) is 145 Å². The van der Waals surface area contributed by atoms with E-state index in [0.717, 1.165) is 10.8 Å². The molecule has 1 rings (SSSR count). The Kier molecular flexibility index (Phi) is 5.22.